The van der Waals surface area contributed by atoms with E-state index in [1.165, 1.54) is 22.3 Å². The average molecular weight is 283 g/mol. The Labute approximate surface area is 128 Å². The summed E-state index contributed by atoms with van der Waals surface area (Å²) in [5, 5.41) is 3.41. The van der Waals surface area contributed by atoms with E-state index in [0.717, 1.165) is 5.75 Å². The first-order valence-corrected chi connectivity index (χ1v) is 7.48. The highest BCUT2D eigenvalue weighted by molar-refractivity contribution is 5.44. The maximum Gasteiger partial charge on any atom is 0.123 e. The fraction of sp³-hybridized carbons (Fsp3) is 0.368. The predicted molar refractivity (Wildman–Crippen MR) is 89.2 cm³/mol. The van der Waals surface area contributed by atoms with Crippen molar-refractivity contribution in [1.29, 1.82) is 0 Å². The maximum atomic E-state index is 5.53. The minimum Gasteiger partial charge on any atom is -0.496 e. The highest BCUT2D eigenvalue weighted by Crippen LogP contribution is 2.31. The van der Waals surface area contributed by atoms with E-state index < -0.39 is 0 Å². The summed E-state index contributed by atoms with van der Waals surface area (Å²) in [5.74, 6) is 1.48. The Hall–Kier alpha value is -1.80. The van der Waals surface area contributed by atoms with Crippen LogP contribution in [0, 0.1) is 6.92 Å². The van der Waals surface area contributed by atoms with Crippen LogP contribution in [0.5, 0.6) is 5.75 Å². The smallest absolute Gasteiger partial charge is 0.123 e. The normalized spacial score (nSPS) is 12.5. The van der Waals surface area contributed by atoms with E-state index in [0.29, 0.717) is 5.92 Å². The summed E-state index contributed by atoms with van der Waals surface area (Å²) in [6, 6.07) is 15.3. The van der Waals surface area contributed by atoms with Gasteiger partial charge in [-0.05, 0) is 37.1 Å². The molecule has 0 bridgehead atoms. The Morgan fingerprint density at radius 1 is 0.952 bits per heavy atom. The number of hydrogen-bond donors (Lipinski definition) is 1. The van der Waals surface area contributed by atoms with Crippen molar-refractivity contribution >= 4 is 0 Å². The molecule has 0 aromatic heterocycles. The molecule has 2 heteroatoms. The first kappa shape index (κ1) is 15.6. The quantitative estimate of drug-likeness (QED) is 0.876. The SMILES string of the molecule is CNC(c1ccc(C(C)C)cc1)c1cc(C)ccc1OC. The van der Waals surface area contributed by atoms with Crippen molar-refractivity contribution in [1.82, 2.24) is 5.32 Å². The molecule has 2 nitrogen and oxygen atoms in total. The average Bonchev–Trinajstić information content (AvgIpc) is 2.49. The van der Waals surface area contributed by atoms with Crippen LogP contribution in [-0.2, 0) is 0 Å². The van der Waals surface area contributed by atoms with E-state index >= 15 is 0 Å². The minimum absolute atomic E-state index is 0.140. The van der Waals surface area contributed by atoms with Crippen LogP contribution in [0.3, 0.4) is 0 Å². The van der Waals surface area contributed by atoms with Crippen molar-refractivity contribution in [2.45, 2.75) is 32.7 Å². The number of methoxy groups -OCH3 is 1. The largest absolute Gasteiger partial charge is 0.496 e. The first-order chi connectivity index (χ1) is 10.1. The molecule has 0 aliphatic heterocycles. The van der Waals surface area contributed by atoms with E-state index in [4.69, 9.17) is 4.74 Å². The molecule has 1 atom stereocenters. The molecular weight excluding hydrogens is 258 g/mol. The molecule has 0 heterocycles. The van der Waals surface area contributed by atoms with Gasteiger partial charge in [0, 0.05) is 5.56 Å². The molecular formula is C19H25NO. The van der Waals surface area contributed by atoms with Gasteiger partial charge < -0.3 is 10.1 Å². The predicted octanol–water partition coefficient (Wildman–Crippen LogP) is 4.44. The molecule has 2 aromatic rings. The van der Waals surface area contributed by atoms with Crippen molar-refractivity contribution in [3.63, 3.8) is 0 Å². The lowest BCUT2D eigenvalue weighted by molar-refractivity contribution is 0.405. The summed E-state index contributed by atoms with van der Waals surface area (Å²) >= 11 is 0. The molecule has 2 rings (SSSR count). The van der Waals surface area contributed by atoms with Crippen LogP contribution in [0.4, 0.5) is 0 Å². The molecule has 0 aliphatic carbocycles. The van der Waals surface area contributed by atoms with Gasteiger partial charge in [0.1, 0.15) is 5.75 Å². The number of ether oxygens (including phenoxy) is 1. The molecule has 0 fully saturated rings. The van der Waals surface area contributed by atoms with Gasteiger partial charge in [-0.25, -0.2) is 0 Å². The number of rotatable bonds is 5. The van der Waals surface area contributed by atoms with Crippen LogP contribution in [-0.4, -0.2) is 14.2 Å². The molecule has 0 spiro atoms. The van der Waals surface area contributed by atoms with Gasteiger partial charge in [0.15, 0.2) is 0 Å². The fourth-order valence-electron chi connectivity index (χ4n) is 2.65. The first-order valence-electron chi connectivity index (χ1n) is 7.48. The summed E-state index contributed by atoms with van der Waals surface area (Å²) in [6.45, 7) is 6.54. The van der Waals surface area contributed by atoms with Gasteiger partial charge in [0.05, 0.1) is 13.2 Å². The lowest BCUT2D eigenvalue weighted by atomic mass is 9.94. The van der Waals surface area contributed by atoms with Crippen molar-refractivity contribution in [3.8, 4) is 5.75 Å². The monoisotopic (exact) mass is 283 g/mol. The van der Waals surface area contributed by atoms with Crippen LogP contribution in [0.25, 0.3) is 0 Å². The molecule has 2 aromatic carbocycles. The summed E-state index contributed by atoms with van der Waals surface area (Å²) in [5.41, 5.74) is 5.04. The molecule has 112 valence electrons. The van der Waals surface area contributed by atoms with Crippen LogP contribution in [0.2, 0.25) is 0 Å². The Morgan fingerprint density at radius 3 is 2.10 bits per heavy atom. The summed E-state index contributed by atoms with van der Waals surface area (Å²) < 4.78 is 5.53. The molecule has 0 aliphatic rings. The third-order valence-electron chi connectivity index (χ3n) is 3.92. The highest BCUT2D eigenvalue weighted by atomic mass is 16.5. The second kappa shape index (κ2) is 6.77. The van der Waals surface area contributed by atoms with E-state index in [1.54, 1.807) is 7.11 Å². The molecule has 21 heavy (non-hydrogen) atoms. The molecule has 0 radical (unpaired) electrons. The van der Waals surface area contributed by atoms with Gasteiger partial charge in [-0.2, -0.15) is 0 Å². The molecule has 0 saturated heterocycles. The van der Waals surface area contributed by atoms with E-state index in [9.17, 15) is 0 Å². The van der Waals surface area contributed by atoms with Crippen molar-refractivity contribution in [2.75, 3.05) is 14.2 Å². The van der Waals surface area contributed by atoms with Gasteiger partial charge in [-0.3, -0.25) is 0 Å². The van der Waals surface area contributed by atoms with Gasteiger partial charge >= 0.3 is 0 Å². The maximum absolute atomic E-state index is 5.53. The molecule has 0 saturated carbocycles. The van der Waals surface area contributed by atoms with Crippen LogP contribution >= 0.6 is 0 Å². The van der Waals surface area contributed by atoms with E-state index in [2.05, 4.69) is 62.5 Å². The van der Waals surface area contributed by atoms with Crippen LogP contribution in [0.15, 0.2) is 42.5 Å². The minimum atomic E-state index is 0.140. The topological polar surface area (TPSA) is 21.3 Å². The summed E-state index contributed by atoms with van der Waals surface area (Å²) in [6.07, 6.45) is 0. The Balaban J connectivity index is 2.41. The zero-order valence-electron chi connectivity index (χ0n) is 13.6. The van der Waals surface area contributed by atoms with Crippen molar-refractivity contribution in [2.24, 2.45) is 0 Å². The number of benzene rings is 2. The van der Waals surface area contributed by atoms with E-state index in [-0.39, 0.29) is 6.04 Å². The zero-order chi connectivity index (χ0) is 15.4. The standard InChI is InChI=1S/C19H25NO/c1-13(2)15-7-9-16(10-8-15)19(20-4)17-12-14(3)6-11-18(17)21-5/h6-13,19-20H,1-5H3. The number of nitrogens with one attached hydrogen (secondary N) is 1. The van der Waals surface area contributed by atoms with Gasteiger partial charge in [-0.1, -0.05) is 55.8 Å². The Morgan fingerprint density at radius 2 is 1.57 bits per heavy atom. The van der Waals surface area contributed by atoms with Gasteiger partial charge in [-0.15, -0.1) is 0 Å². The van der Waals surface area contributed by atoms with Crippen LogP contribution in [0.1, 0.15) is 48.1 Å². The lowest BCUT2D eigenvalue weighted by Gasteiger charge is -2.21. The third-order valence-corrected chi connectivity index (χ3v) is 3.92. The lowest BCUT2D eigenvalue weighted by Crippen LogP contribution is -2.18. The molecule has 1 unspecified atom stereocenters. The van der Waals surface area contributed by atoms with E-state index in [1.807, 2.05) is 13.1 Å². The van der Waals surface area contributed by atoms with Crippen molar-refractivity contribution in [3.05, 3.63) is 64.7 Å². The van der Waals surface area contributed by atoms with Gasteiger partial charge in [0.2, 0.25) is 0 Å². The summed E-state index contributed by atoms with van der Waals surface area (Å²) in [7, 11) is 3.71. The molecule has 1 N–H and O–H groups in total. The number of hydrogen-bond acceptors (Lipinski definition) is 2. The van der Waals surface area contributed by atoms with Gasteiger partial charge in [0.25, 0.3) is 0 Å². The van der Waals surface area contributed by atoms with Crippen molar-refractivity contribution < 1.29 is 4.74 Å². The Bertz CT molecular complexity index is 587. The fourth-order valence-corrected chi connectivity index (χ4v) is 2.65. The molecule has 0 amide bonds. The third kappa shape index (κ3) is 3.45. The highest BCUT2D eigenvalue weighted by Gasteiger charge is 2.17. The Kier molecular flexibility index (Phi) is 5.03. The number of aryl methyl sites for hydroxylation is 1. The van der Waals surface area contributed by atoms with Crippen LogP contribution < -0.4 is 10.1 Å². The second-order valence-corrected chi connectivity index (χ2v) is 5.79. The summed E-state index contributed by atoms with van der Waals surface area (Å²) in [4.78, 5) is 0. The zero-order valence-corrected chi connectivity index (χ0v) is 13.6. The second-order valence-electron chi connectivity index (χ2n) is 5.79.